The monoisotopic (exact) mass is 277 g/mol. The maximum atomic E-state index is 10.2. The van der Waals surface area contributed by atoms with E-state index in [1.165, 1.54) is 11.1 Å². The van der Waals surface area contributed by atoms with Crippen molar-refractivity contribution in [2.75, 3.05) is 5.32 Å². The second kappa shape index (κ2) is 5.49. The number of phenolic OH excluding ortho intramolecular Hbond substituents is 1. The molecule has 0 fully saturated rings. The third-order valence-electron chi connectivity index (χ3n) is 3.86. The Bertz CT molecular complexity index is 793. The molecule has 0 saturated heterocycles. The predicted octanol–water partition coefficient (Wildman–Crippen LogP) is 4.77. The zero-order valence-electron chi connectivity index (χ0n) is 12.4. The molecule has 0 atom stereocenters. The standard InChI is InChI=1S/C19H19NO/c1-13-7-8-14(2)18(11-13)20-12-17-16-6-4-3-5-15(16)9-10-19(17)21/h3-11,20-21H,12H2,1-2H3. The van der Waals surface area contributed by atoms with E-state index in [1.54, 1.807) is 6.07 Å². The Labute approximate surface area is 125 Å². The van der Waals surface area contributed by atoms with Crippen LogP contribution < -0.4 is 5.32 Å². The Morgan fingerprint density at radius 2 is 1.76 bits per heavy atom. The maximum Gasteiger partial charge on any atom is 0.121 e. The fourth-order valence-electron chi connectivity index (χ4n) is 2.62. The van der Waals surface area contributed by atoms with Crippen molar-refractivity contribution in [1.29, 1.82) is 0 Å². The molecule has 0 aliphatic rings. The number of hydrogen-bond acceptors (Lipinski definition) is 2. The zero-order chi connectivity index (χ0) is 14.8. The normalized spacial score (nSPS) is 10.8. The third-order valence-corrected chi connectivity index (χ3v) is 3.86. The summed E-state index contributed by atoms with van der Waals surface area (Å²) in [6, 6.07) is 18.2. The zero-order valence-corrected chi connectivity index (χ0v) is 12.4. The summed E-state index contributed by atoms with van der Waals surface area (Å²) < 4.78 is 0. The van der Waals surface area contributed by atoms with Crippen LogP contribution in [0.3, 0.4) is 0 Å². The van der Waals surface area contributed by atoms with E-state index >= 15 is 0 Å². The second-order valence-corrected chi connectivity index (χ2v) is 5.46. The van der Waals surface area contributed by atoms with Crippen LogP contribution in [0.25, 0.3) is 10.8 Å². The molecule has 106 valence electrons. The maximum absolute atomic E-state index is 10.2. The molecule has 0 amide bonds. The van der Waals surface area contributed by atoms with Crippen molar-refractivity contribution in [2.45, 2.75) is 20.4 Å². The van der Waals surface area contributed by atoms with E-state index in [4.69, 9.17) is 0 Å². The van der Waals surface area contributed by atoms with Gasteiger partial charge in [-0.2, -0.15) is 0 Å². The van der Waals surface area contributed by atoms with Gasteiger partial charge in [0.25, 0.3) is 0 Å². The van der Waals surface area contributed by atoms with Crippen LogP contribution in [0.1, 0.15) is 16.7 Å². The van der Waals surface area contributed by atoms with Gasteiger partial charge in [-0.3, -0.25) is 0 Å². The second-order valence-electron chi connectivity index (χ2n) is 5.46. The van der Waals surface area contributed by atoms with Crippen molar-refractivity contribution in [3.05, 3.63) is 71.3 Å². The number of hydrogen-bond donors (Lipinski definition) is 2. The molecule has 0 bridgehead atoms. The van der Waals surface area contributed by atoms with Gasteiger partial charge in [0.2, 0.25) is 0 Å². The highest BCUT2D eigenvalue weighted by molar-refractivity contribution is 5.87. The van der Waals surface area contributed by atoms with Crippen molar-refractivity contribution >= 4 is 16.5 Å². The lowest BCUT2D eigenvalue weighted by Gasteiger charge is -2.13. The first-order valence-electron chi connectivity index (χ1n) is 7.16. The van der Waals surface area contributed by atoms with Crippen LogP contribution in [0.5, 0.6) is 5.75 Å². The van der Waals surface area contributed by atoms with Gasteiger partial charge in [0.15, 0.2) is 0 Å². The Hall–Kier alpha value is -2.48. The number of nitrogens with one attached hydrogen (secondary N) is 1. The fraction of sp³-hybridized carbons (Fsp3) is 0.158. The minimum absolute atomic E-state index is 0.339. The van der Waals surface area contributed by atoms with Gasteiger partial charge < -0.3 is 10.4 Å². The number of phenols is 1. The summed E-state index contributed by atoms with van der Waals surface area (Å²) in [5.41, 5.74) is 4.49. The first kappa shape index (κ1) is 13.5. The van der Waals surface area contributed by atoms with Gasteiger partial charge in [0, 0.05) is 17.8 Å². The number of aromatic hydroxyl groups is 1. The van der Waals surface area contributed by atoms with Gasteiger partial charge in [-0.05, 0) is 47.9 Å². The first-order valence-corrected chi connectivity index (χ1v) is 7.16. The summed E-state index contributed by atoms with van der Waals surface area (Å²) in [7, 11) is 0. The molecule has 2 heteroatoms. The van der Waals surface area contributed by atoms with Crippen molar-refractivity contribution in [2.24, 2.45) is 0 Å². The number of aryl methyl sites for hydroxylation is 2. The SMILES string of the molecule is Cc1ccc(C)c(NCc2c(O)ccc3ccccc23)c1. The quantitative estimate of drug-likeness (QED) is 0.722. The highest BCUT2D eigenvalue weighted by Gasteiger charge is 2.07. The topological polar surface area (TPSA) is 32.3 Å². The van der Waals surface area contributed by atoms with Crippen molar-refractivity contribution in [3.63, 3.8) is 0 Å². The molecule has 0 radical (unpaired) electrons. The van der Waals surface area contributed by atoms with Gasteiger partial charge in [0.1, 0.15) is 5.75 Å². The molecule has 2 N–H and O–H groups in total. The molecule has 0 heterocycles. The summed E-state index contributed by atoms with van der Waals surface area (Å²) in [5, 5.41) is 15.9. The van der Waals surface area contributed by atoms with Gasteiger partial charge in [-0.15, -0.1) is 0 Å². The van der Waals surface area contributed by atoms with Crippen molar-refractivity contribution in [1.82, 2.24) is 0 Å². The van der Waals surface area contributed by atoms with E-state index in [-0.39, 0.29) is 0 Å². The minimum Gasteiger partial charge on any atom is -0.508 e. The van der Waals surface area contributed by atoms with Gasteiger partial charge in [0.05, 0.1) is 0 Å². The molecule has 0 aliphatic carbocycles. The van der Waals surface area contributed by atoms with Gasteiger partial charge in [-0.25, -0.2) is 0 Å². The molecular weight excluding hydrogens is 258 g/mol. The molecule has 0 aliphatic heterocycles. The van der Waals surface area contributed by atoms with Crippen LogP contribution >= 0.6 is 0 Å². The van der Waals surface area contributed by atoms with E-state index in [9.17, 15) is 5.11 Å². The van der Waals surface area contributed by atoms with E-state index < -0.39 is 0 Å². The molecule has 3 rings (SSSR count). The average Bonchev–Trinajstić information content (AvgIpc) is 2.49. The molecule has 0 aromatic heterocycles. The highest BCUT2D eigenvalue weighted by atomic mass is 16.3. The fourth-order valence-corrected chi connectivity index (χ4v) is 2.62. The predicted molar refractivity (Wildman–Crippen MR) is 88.9 cm³/mol. The summed E-state index contributed by atoms with van der Waals surface area (Å²) >= 11 is 0. The van der Waals surface area contributed by atoms with Crippen molar-refractivity contribution < 1.29 is 5.11 Å². The molecule has 3 aromatic rings. The summed E-state index contributed by atoms with van der Waals surface area (Å²) in [6.45, 7) is 4.78. The summed E-state index contributed by atoms with van der Waals surface area (Å²) in [5.74, 6) is 0.339. The molecule has 21 heavy (non-hydrogen) atoms. The summed E-state index contributed by atoms with van der Waals surface area (Å²) in [4.78, 5) is 0. The molecule has 3 aromatic carbocycles. The first-order chi connectivity index (χ1) is 10.1. The molecular formula is C19H19NO. The van der Waals surface area contributed by atoms with Crippen LogP contribution in [0.4, 0.5) is 5.69 Å². The molecule has 2 nitrogen and oxygen atoms in total. The lowest BCUT2D eigenvalue weighted by molar-refractivity contribution is 0.470. The lowest BCUT2D eigenvalue weighted by Crippen LogP contribution is -2.02. The Morgan fingerprint density at radius 3 is 2.62 bits per heavy atom. The number of fused-ring (bicyclic) bond motifs is 1. The number of anilines is 1. The van der Waals surface area contributed by atoms with Crippen LogP contribution in [-0.2, 0) is 6.54 Å². The average molecular weight is 277 g/mol. The largest absolute Gasteiger partial charge is 0.508 e. The number of rotatable bonds is 3. The smallest absolute Gasteiger partial charge is 0.121 e. The van der Waals surface area contributed by atoms with Crippen LogP contribution in [0, 0.1) is 13.8 Å². The Morgan fingerprint density at radius 1 is 0.952 bits per heavy atom. The van der Waals surface area contributed by atoms with E-state index in [2.05, 4.69) is 49.5 Å². The van der Waals surface area contributed by atoms with E-state index in [0.29, 0.717) is 12.3 Å². The summed E-state index contributed by atoms with van der Waals surface area (Å²) in [6.07, 6.45) is 0. The molecule has 0 unspecified atom stereocenters. The lowest BCUT2D eigenvalue weighted by atomic mass is 10.0. The van der Waals surface area contributed by atoms with Crippen LogP contribution in [-0.4, -0.2) is 5.11 Å². The Balaban J connectivity index is 1.95. The highest BCUT2D eigenvalue weighted by Crippen LogP contribution is 2.28. The van der Waals surface area contributed by atoms with Crippen LogP contribution in [0.2, 0.25) is 0 Å². The van der Waals surface area contributed by atoms with Crippen molar-refractivity contribution in [3.8, 4) is 5.75 Å². The van der Waals surface area contributed by atoms with Gasteiger partial charge >= 0.3 is 0 Å². The van der Waals surface area contributed by atoms with Crippen LogP contribution in [0.15, 0.2) is 54.6 Å². The molecule has 0 spiro atoms. The van der Waals surface area contributed by atoms with E-state index in [0.717, 1.165) is 22.0 Å². The van der Waals surface area contributed by atoms with E-state index in [1.807, 2.05) is 18.2 Å². The minimum atomic E-state index is 0.339. The van der Waals surface area contributed by atoms with Gasteiger partial charge in [-0.1, -0.05) is 42.5 Å². The third kappa shape index (κ3) is 2.70. The molecule has 0 saturated carbocycles. The Kier molecular flexibility index (Phi) is 3.53. The number of benzene rings is 3.